The SMILES string of the molecule is O=C(CSc1ncccc1C(=O)O)Nc1cccc2c1C(=O)c1ccccc1C2=O. The van der Waals surface area contributed by atoms with E-state index < -0.39 is 11.9 Å². The van der Waals surface area contributed by atoms with Crippen LogP contribution in [-0.2, 0) is 4.79 Å². The van der Waals surface area contributed by atoms with Gasteiger partial charge in [0, 0.05) is 22.9 Å². The highest BCUT2D eigenvalue weighted by Crippen LogP contribution is 2.32. The number of pyridine rings is 1. The average Bonchev–Trinajstić information content (AvgIpc) is 2.76. The molecule has 0 atom stereocenters. The molecule has 1 aliphatic rings. The number of aromatic carboxylic acids is 1. The van der Waals surface area contributed by atoms with Gasteiger partial charge in [-0.2, -0.15) is 0 Å². The number of carboxylic acids is 1. The van der Waals surface area contributed by atoms with Gasteiger partial charge in [0.2, 0.25) is 5.91 Å². The van der Waals surface area contributed by atoms with Gasteiger partial charge in [-0.05, 0) is 18.2 Å². The van der Waals surface area contributed by atoms with Gasteiger partial charge in [-0.3, -0.25) is 14.4 Å². The highest BCUT2D eigenvalue weighted by Gasteiger charge is 2.31. The molecule has 148 valence electrons. The van der Waals surface area contributed by atoms with Crippen molar-refractivity contribution in [3.05, 3.63) is 88.6 Å². The van der Waals surface area contributed by atoms with Crippen LogP contribution < -0.4 is 5.32 Å². The van der Waals surface area contributed by atoms with Crippen LogP contribution in [0.25, 0.3) is 0 Å². The van der Waals surface area contributed by atoms with Crippen LogP contribution in [0.1, 0.15) is 42.2 Å². The third-order valence-corrected chi connectivity index (χ3v) is 5.57. The quantitative estimate of drug-likeness (QED) is 0.478. The Bertz CT molecular complexity index is 1220. The fourth-order valence-electron chi connectivity index (χ4n) is 3.24. The number of fused-ring (bicyclic) bond motifs is 2. The number of thioether (sulfide) groups is 1. The minimum atomic E-state index is -1.13. The molecule has 1 amide bonds. The second-order valence-corrected chi connectivity index (χ2v) is 7.39. The van der Waals surface area contributed by atoms with Crippen LogP contribution in [0.5, 0.6) is 0 Å². The molecule has 30 heavy (non-hydrogen) atoms. The highest BCUT2D eigenvalue weighted by molar-refractivity contribution is 8.00. The maximum Gasteiger partial charge on any atom is 0.338 e. The van der Waals surface area contributed by atoms with Gasteiger partial charge in [0.05, 0.1) is 22.6 Å². The normalized spacial score (nSPS) is 12.1. The number of carbonyl (C=O) groups is 4. The third kappa shape index (κ3) is 3.48. The second kappa shape index (κ2) is 7.92. The molecule has 2 aromatic carbocycles. The molecule has 0 saturated carbocycles. The summed E-state index contributed by atoms with van der Waals surface area (Å²) < 4.78 is 0. The first-order valence-corrected chi connectivity index (χ1v) is 9.88. The Morgan fingerprint density at radius 2 is 1.60 bits per heavy atom. The number of rotatable bonds is 5. The molecule has 1 heterocycles. The van der Waals surface area contributed by atoms with Gasteiger partial charge in [-0.25, -0.2) is 9.78 Å². The molecular weight excluding hydrogens is 404 g/mol. The minimum Gasteiger partial charge on any atom is -0.478 e. The molecular formula is C22H14N2O5S. The van der Waals surface area contributed by atoms with Crippen molar-refractivity contribution in [3.63, 3.8) is 0 Å². The zero-order valence-corrected chi connectivity index (χ0v) is 16.2. The molecule has 8 heteroatoms. The molecule has 1 aliphatic carbocycles. The number of hydrogen-bond donors (Lipinski definition) is 2. The summed E-state index contributed by atoms with van der Waals surface area (Å²) in [6.45, 7) is 0. The van der Waals surface area contributed by atoms with Crippen molar-refractivity contribution < 1.29 is 24.3 Å². The summed E-state index contributed by atoms with van der Waals surface area (Å²) in [5.74, 6) is -2.30. The lowest BCUT2D eigenvalue weighted by Gasteiger charge is -2.20. The van der Waals surface area contributed by atoms with E-state index in [9.17, 15) is 24.3 Å². The number of carboxylic acid groups (broad SMARTS) is 1. The molecule has 0 saturated heterocycles. The number of nitrogens with one attached hydrogen (secondary N) is 1. The molecule has 0 fully saturated rings. The van der Waals surface area contributed by atoms with Crippen molar-refractivity contribution >= 4 is 40.9 Å². The van der Waals surface area contributed by atoms with Crippen LogP contribution in [0.2, 0.25) is 0 Å². The number of amides is 1. The number of anilines is 1. The lowest BCUT2D eigenvalue weighted by Crippen LogP contribution is -2.24. The molecule has 7 nitrogen and oxygen atoms in total. The maximum atomic E-state index is 13.0. The summed E-state index contributed by atoms with van der Waals surface area (Å²) in [7, 11) is 0. The smallest absolute Gasteiger partial charge is 0.338 e. The number of benzene rings is 2. The zero-order valence-electron chi connectivity index (χ0n) is 15.4. The minimum absolute atomic E-state index is 0.00442. The lowest BCUT2D eigenvalue weighted by molar-refractivity contribution is -0.113. The number of ketones is 2. The summed E-state index contributed by atoms with van der Waals surface area (Å²) in [5, 5.41) is 12.1. The van der Waals surface area contributed by atoms with Crippen LogP contribution in [0.15, 0.2) is 65.8 Å². The van der Waals surface area contributed by atoms with E-state index in [4.69, 9.17) is 0 Å². The van der Waals surface area contributed by atoms with Crippen molar-refractivity contribution in [1.82, 2.24) is 4.98 Å². The molecule has 1 aromatic heterocycles. The van der Waals surface area contributed by atoms with Gasteiger partial charge in [0.25, 0.3) is 0 Å². The first-order valence-electron chi connectivity index (χ1n) is 8.89. The topological polar surface area (TPSA) is 113 Å². The fraction of sp³-hybridized carbons (Fsp3) is 0.0455. The van der Waals surface area contributed by atoms with Crippen LogP contribution in [0.4, 0.5) is 5.69 Å². The highest BCUT2D eigenvalue weighted by atomic mass is 32.2. The Hall–Kier alpha value is -3.78. The van der Waals surface area contributed by atoms with E-state index in [2.05, 4.69) is 10.3 Å². The molecule has 2 N–H and O–H groups in total. The Morgan fingerprint density at radius 1 is 0.900 bits per heavy atom. The van der Waals surface area contributed by atoms with E-state index in [1.165, 1.54) is 18.3 Å². The molecule has 0 bridgehead atoms. The van der Waals surface area contributed by atoms with E-state index in [1.807, 2.05) is 0 Å². The van der Waals surface area contributed by atoms with Crippen molar-refractivity contribution in [2.75, 3.05) is 11.1 Å². The number of carbonyl (C=O) groups excluding carboxylic acids is 3. The van der Waals surface area contributed by atoms with Gasteiger partial charge in [0.15, 0.2) is 11.6 Å². The van der Waals surface area contributed by atoms with E-state index in [0.717, 1.165) is 11.8 Å². The average molecular weight is 418 g/mol. The van der Waals surface area contributed by atoms with Crippen LogP contribution in [-0.4, -0.2) is 39.3 Å². The summed E-state index contributed by atoms with van der Waals surface area (Å²) in [6, 6.07) is 14.2. The first kappa shape index (κ1) is 19.5. The predicted octanol–water partition coefficient (Wildman–Crippen LogP) is 3.29. The van der Waals surface area contributed by atoms with Gasteiger partial charge in [-0.15, -0.1) is 0 Å². The van der Waals surface area contributed by atoms with Crippen molar-refractivity contribution in [2.45, 2.75) is 5.03 Å². The Balaban J connectivity index is 1.57. The summed E-state index contributed by atoms with van der Waals surface area (Å²) in [4.78, 5) is 53.5. The third-order valence-electron chi connectivity index (χ3n) is 4.57. The first-order chi connectivity index (χ1) is 14.5. The largest absolute Gasteiger partial charge is 0.478 e. The number of hydrogen-bond acceptors (Lipinski definition) is 6. The monoisotopic (exact) mass is 418 g/mol. The van der Waals surface area contributed by atoms with Gasteiger partial charge in [-0.1, -0.05) is 48.2 Å². The van der Waals surface area contributed by atoms with Crippen LogP contribution in [0, 0.1) is 0 Å². The van der Waals surface area contributed by atoms with Gasteiger partial charge >= 0.3 is 5.97 Å². The molecule has 0 unspecified atom stereocenters. The molecule has 0 spiro atoms. The van der Waals surface area contributed by atoms with E-state index in [0.29, 0.717) is 11.1 Å². The predicted molar refractivity (Wildman–Crippen MR) is 110 cm³/mol. The van der Waals surface area contributed by atoms with Crippen molar-refractivity contribution in [2.24, 2.45) is 0 Å². The summed E-state index contributed by atoms with van der Waals surface area (Å²) in [5.41, 5.74) is 1.27. The standard InChI is InChI=1S/C22H14N2O5S/c25-17(11-30-21-15(22(28)29)8-4-10-23-21)24-16-9-3-7-14-18(16)20(27)13-6-2-1-5-12(13)19(14)26/h1-10H,11H2,(H,24,25)(H,28,29). The van der Waals surface area contributed by atoms with E-state index >= 15 is 0 Å². The van der Waals surface area contributed by atoms with E-state index in [-0.39, 0.29) is 44.7 Å². The maximum absolute atomic E-state index is 13.0. The summed E-state index contributed by atoms with van der Waals surface area (Å²) >= 11 is 0.974. The zero-order chi connectivity index (χ0) is 21.3. The Kier molecular flexibility index (Phi) is 5.16. The Labute approximate surface area is 175 Å². The molecule has 0 radical (unpaired) electrons. The van der Waals surface area contributed by atoms with Gasteiger partial charge < -0.3 is 10.4 Å². The molecule has 4 rings (SSSR count). The number of nitrogens with zero attached hydrogens (tertiary/aromatic N) is 1. The fourth-order valence-corrected chi connectivity index (χ4v) is 4.02. The molecule has 3 aromatic rings. The van der Waals surface area contributed by atoms with Crippen molar-refractivity contribution in [3.8, 4) is 0 Å². The van der Waals surface area contributed by atoms with Crippen LogP contribution in [0.3, 0.4) is 0 Å². The lowest BCUT2D eigenvalue weighted by atomic mass is 9.83. The summed E-state index contributed by atoms with van der Waals surface area (Å²) in [6.07, 6.45) is 1.45. The van der Waals surface area contributed by atoms with Gasteiger partial charge in [0.1, 0.15) is 5.03 Å². The second-order valence-electron chi connectivity index (χ2n) is 6.43. The molecule has 0 aliphatic heterocycles. The number of aromatic nitrogens is 1. The van der Waals surface area contributed by atoms with E-state index in [1.54, 1.807) is 42.5 Å². The van der Waals surface area contributed by atoms with Crippen LogP contribution >= 0.6 is 11.8 Å². The van der Waals surface area contributed by atoms with Crippen molar-refractivity contribution in [1.29, 1.82) is 0 Å². The Morgan fingerprint density at radius 3 is 2.33 bits per heavy atom.